The summed E-state index contributed by atoms with van der Waals surface area (Å²) in [5.41, 5.74) is 5.55. The zero-order valence-corrected chi connectivity index (χ0v) is 11.4. The van der Waals surface area contributed by atoms with Crippen molar-refractivity contribution in [2.24, 2.45) is 0 Å². The summed E-state index contributed by atoms with van der Waals surface area (Å²) in [5, 5.41) is 9.88. The first-order chi connectivity index (χ1) is 9.67. The summed E-state index contributed by atoms with van der Waals surface area (Å²) < 4.78 is 0. The fourth-order valence-corrected chi connectivity index (χ4v) is 2.31. The van der Waals surface area contributed by atoms with Gasteiger partial charge >= 0.3 is 0 Å². The quantitative estimate of drug-likeness (QED) is 0.668. The van der Waals surface area contributed by atoms with Crippen molar-refractivity contribution in [1.29, 1.82) is 5.26 Å². The minimum atomic E-state index is 0.650. The Morgan fingerprint density at radius 3 is 2.65 bits per heavy atom. The summed E-state index contributed by atoms with van der Waals surface area (Å²) in [7, 11) is 0. The topological polar surface area (TPSA) is 49.6 Å². The van der Waals surface area contributed by atoms with Crippen molar-refractivity contribution >= 4 is 10.9 Å². The van der Waals surface area contributed by atoms with E-state index in [9.17, 15) is 0 Å². The van der Waals surface area contributed by atoms with Crippen LogP contribution in [0.25, 0.3) is 22.3 Å². The van der Waals surface area contributed by atoms with Crippen LogP contribution in [0.5, 0.6) is 0 Å². The molecule has 3 nitrogen and oxygen atoms in total. The van der Waals surface area contributed by atoms with Crippen molar-refractivity contribution in [3.8, 4) is 17.5 Å². The van der Waals surface area contributed by atoms with Crippen LogP contribution in [0.15, 0.2) is 42.6 Å². The Kier molecular flexibility index (Phi) is 2.92. The number of nitriles is 1. The van der Waals surface area contributed by atoms with Crippen LogP contribution < -0.4 is 0 Å². The normalized spacial score (nSPS) is 10.4. The molecule has 0 radical (unpaired) electrons. The van der Waals surface area contributed by atoms with Gasteiger partial charge in [-0.25, -0.2) is 4.98 Å². The van der Waals surface area contributed by atoms with E-state index in [0.717, 1.165) is 33.4 Å². The molecule has 0 aliphatic heterocycles. The number of hydrogen-bond donors (Lipinski definition) is 0. The zero-order valence-electron chi connectivity index (χ0n) is 11.4. The van der Waals surface area contributed by atoms with Gasteiger partial charge in [-0.3, -0.25) is 4.98 Å². The molecule has 2 heterocycles. The molecular formula is C17H13N3. The van der Waals surface area contributed by atoms with E-state index in [2.05, 4.69) is 22.1 Å². The highest BCUT2D eigenvalue weighted by molar-refractivity contribution is 5.82. The number of pyridine rings is 2. The van der Waals surface area contributed by atoms with Crippen molar-refractivity contribution in [2.45, 2.75) is 13.8 Å². The Hall–Kier alpha value is -2.73. The molecule has 0 amide bonds. The molecule has 1 aromatic carbocycles. The molecule has 2 aromatic heterocycles. The van der Waals surface area contributed by atoms with Gasteiger partial charge in [-0.15, -0.1) is 0 Å². The summed E-state index contributed by atoms with van der Waals surface area (Å²) in [6.45, 7) is 4.07. The lowest BCUT2D eigenvalue weighted by molar-refractivity contribution is 1.20. The van der Waals surface area contributed by atoms with Gasteiger partial charge in [0.1, 0.15) is 0 Å². The fraction of sp³-hybridized carbons (Fsp3) is 0.118. The van der Waals surface area contributed by atoms with Crippen LogP contribution in [0.2, 0.25) is 0 Å². The van der Waals surface area contributed by atoms with E-state index >= 15 is 0 Å². The Morgan fingerprint density at radius 1 is 1.05 bits per heavy atom. The van der Waals surface area contributed by atoms with Crippen LogP contribution >= 0.6 is 0 Å². The number of rotatable bonds is 1. The van der Waals surface area contributed by atoms with Crippen molar-refractivity contribution in [1.82, 2.24) is 9.97 Å². The molecule has 0 atom stereocenters. The Labute approximate surface area is 117 Å². The first kappa shape index (κ1) is 12.3. The first-order valence-corrected chi connectivity index (χ1v) is 6.42. The maximum atomic E-state index is 8.91. The second-order valence-electron chi connectivity index (χ2n) is 4.89. The highest BCUT2D eigenvalue weighted by Crippen LogP contribution is 2.23. The molecule has 0 saturated heterocycles. The van der Waals surface area contributed by atoms with Gasteiger partial charge < -0.3 is 0 Å². The van der Waals surface area contributed by atoms with Crippen LogP contribution in [0.3, 0.4) is 0 Å². The molecule has 0 aliphatic carbocycles. The van der Waals surface area contributed by atoms with Crippen molar-refractivity contribution in [3.63, 3.8) is 0 Å². The summed E-state index contributed by atoms with van der Waals surface area (Å²) in [6, 6.07) is 13.7. The number of fused-ring (bicyclic) bond motifs is 1. The van der Waals surface area contributed by atoms with E-state index in [0.29, 0.717) is 5.56 Å². The molecule has 3 aromatic rings. The number of hydrogen-bond acceptors (Lipinski definition) is 3. The predicted octanol–water partition coefficient (Wildman–Crippen LogP) is 3.79. The molecule has 0 saturated carbocycles. The Bertz CT molecular complexity index is 844. The molecule has 0 fully saturated rings. The molecule has 3 rings (SSSR count). The third kappa shape index (κ3) is 2.12. The van der Waals surface area contributed by atoms with E-state index in [1.54, 1.807) is 6.07 Å². The predicted molar refractivity (Wildman–Crippen MR) is 79.2 cm³/mol. The molecule has 20 heavy (non-hydrogen) atoms. The molecule has 0 spiro atoms. The van der Waals surface area contributed by atoms with E-state index in [1.807, 2.05) is 44.3 Å². The van der Waals surface area contributed by atoms with Gasteiger partial charge in [0.25, 0.3) is 0 Å². The summed E-state index contributed by atoms with van der Waals surface area (Å²) in [4.78, 5) is 9.11. The molecule has 3 heteroatoms. The highest BCUT2D eigenvalue weighted by atomic mass is 14.8. The average Bonchev–Trinajstić information content (AvgIpc) is 2.46. The van der Waals surface area contributed by atoms with Crippen molar-refractivity contribution in [3.05, 3.63) is 59.3 Å². The minimum Gasteiger partial charge on any atom is -0.254 e. The van der Waals surface area contributed by atoms with Crippen LogP contribution in [0.4, 0.5) is 0 Å². The Morgan fingerprint density at radius 2 is 1.90 bits per heavy atom. The lowest BCUT2D eigenvalue weighted by Crippen LogP contribution is -1.93. The monoisotopic (exact) mass is 259 g/mol. The average molecular weight is 259 g/mol. The van der Waals surface area contributed by atoms with E-state index < -0.39 is 0 Å². The highest BCUT2D eigenvalue weighted by Gasteiger charge is 2.06. The Balaban J connectivity index is 2.16. The van der Waals surface area contributed by atoms with Gasteiger partial charge in [0.05, 0.1) is 28.5 Å². The maximum Gasteiger partial charge on any atom is 0.0991 e. The molecule has 96 valence electrons. The largest absolute Gasteiger partial charge is 0.254 e. The van der Waals surface area contributed by atoms with Gasteiger partial charge in [0.2, 0.25) is 0 Å². The summed E-state index contributed by atoms with van der Waals surface area (Å²) in [5.74, 6) is 0. The van der Waals surface area contributed by atoms with Crippen molar-refractivity contribution in [2.75, 3.05) is 0 Å². The number of nitrogens with zero attached hydrogens (tertiary/aromatic N) is 3. The lowest BCUT2D eigenvalue weighted by atomic mass is 10.1. The van der Waals surface area contributed by atoms with Gasteiger partial charge in [-0.1, -0.05) is 12.1 Å². The van der Waals surface area contributed by atoms with E-state index in [-0.39, 0.29) is 0 Å². The van der Waals surface area contributed by atoms with Crippen LogP contribution in [0.1, 0.15) is 16.7 Å². The van der Waals surface area contributed by atoms with E-state index in [4.69, 9.17) is 5.26 Å². The fourth-order valence-electron chi connectivity index (χ4n) is 2.31. The second kappa shape index (κ2) is 4.75. The van der Waals surface area contributed by atoms with Crippen molar-refractivity contribution < 1.29 is 0 Å². The van der Waals surface area contributed by atoms with Crippen LogP contribution in [0, 0.1) is 25.2 Å². The second-order valence-corrected chi connectivity index (χ2v) is 4.89. The molecule has 0 N–H and O–H groups in total. The van der Waals surface area contributed by atoms with Gasteiger partial charge in [-0.2, -0.15) is 5.26 Å². The third-order valence-electron chi connectivity index (χ3n) is 3.28. The SMILES string of the molecule is Cc1cnc(-c2ccc3cc(C#N)ccc3n2)c(C)c1. The van der Waals surface area contributed by atoms with Gasteiger partial charge in [-0.05, 0) is 49.2 Å². The first-order valence-electron chi connectivity index (χ1n) is 6.42. The van der Waals surface area contributed by atoms with Crippen LogP contribution in [-0.2, 0) is 0 Å². The smallest absolute Gasteiger partial charge is 0.0991 e. The zero-order chi connectivity index (χ0) is 14.1. The molecular weight excluding hydrogens is 246 g/mol. The van der Waals surface area contributed by atoms with Gasteiger partial charge in [0.15, 0.2) is 0 Å². The maximum absolute atomic E-state index is 8.91. The summed E-state index contributed by atoms with van der Waals surface area (Å²) >= 11 is 0. The standard InChI is InChI=1S/C17H13N3/c1-11-7-12(2)17(19-10-11)16-6-4-14-8-13(9-18)3-5-15(14)20-16/h3-8,10H,1-2H3. The summed E-state index contributed by atoms with van der Waals surface area (Å²) in [6.07, 6.45) is 1.85. The minimum absolute atomic E-state index is 0.650. The number of aromatic nitrogens is 2. The number of aryl methyl sites for hydroxylation is 2. The lowest BCUT2D eigenvalue weighted by Gasteiger charge is -2.06. The number of benzene rings is 1. The molecule has 0 bridgehead atoms. The van der Waals surface area contributed by atoms with Crippen LogP contribution in [-0.4, -0.2) is 9.97 Å². The molecule has 0 unspecified atom stereocenters. The third-order valence-corrected chi connectivity index (χ3v) is 3.28. The van der Waals surface area contributed by atoms with E-state index in [1.165, 1.54) is 0 Å². The molecule has 0 aliphatic rings. The van der Waals surface area contributed by atoms with Gasteiger partial charge in [0, 0.05) is 11.6 Å².